The molecule has 0 spiro atoms. The van der Waals surface area contributed by atoms with Gasteiger partial charge in [0, 0.05) is 31.4 Å². The van der Waals surface area contributed by atoms with Crippen LogP contribution < -0.4 is 5.32 Å². The number of nitrogens with zero attached hydrogens (tertiary/aromatic N) is 2. The molecular formula is C17H22ClN3O3. The van der Waals surface area contributed by atoms with E-state index >= 15 is 0 Å². The second kappa shape index (κ2) is 7.51. The molecule has 2 aliphatic rings. The topological polar surface area (TPSA) is 72.9 Å². The predicted molar refractivity (Wildman–Crippen MR) is 92.7 cm³/mol. The summed E-state index contributed by atoms with van der Waals surface area (Å²) in [6.07, 6.45) is 3.75. The zero-order valence-corrected chi connectivity index (χ0v) is 14.3. The summed E-state index contributed by atoms with van der Waals surface area (Å²) in [5.41, 5.74) is 0.448. The zero-order chi connectivity index (χ0) is 17.1. The van der Waals surface area contributed by atoms with Crippen molar-refractivity contribution < 1.29 is 14.7 Å². The standard InChI is InChI=1S/C17H22ClN3O3/c18-15-5-4-12(9-14(15)17(23)24)19-16(22)11-20-7-8-21-6-2-1-3-13(21)10-20/h4-5,9,13H,1-3,6-8,10-11H2,(H,19,22)(H,23,24)/t13-/m0/s1. The molecule has 0 aromatic heterocycles. The van der Waals surface area contributed by atoms with Crippen LogP contribution in [0.2, 0.25) is 5.02 Å². The molecule has 1 amide bonds. The molecule has 2 aliphatic heterocycles. The Morgan fingerprint density at radius 2 is 2.08 bits per heavy atom. The van der Waals surface area contributed by atoms with E-state index in [0.29, 0.717) is 18.3 Å². The number of piperidine rings is 1. The van der Waals surface area contributed by atoms with Crippen molar-refractivity contribution in [3.63, 3.8) is 0 Å². The Labute approximate surface area is 146 Å². The summed E-state index contributed by atoms with van der Waals surface area (Å²) in [7, 11) is 0. The van der Waals surface area contributed by atoms with Crippen LogP contribution in [0, 0.1) is 0 Å². The first kappa shape index (κ1) is 17.2. The Balaban J connectivity index is 1.56. The van der Waals surface area contributed by atoms with Gasteiger partial charge in [0.2, 0.25) is 5.91 Å². The van der Waals surface area contributed by atoms with E-state index in [2.05, 4.69) is 15.1 Å². The molecule has 2 fully saturated rings. The number of carbonyl (C=O) groups excluding carboxylic acids is 1. The number of fused-ring (bicyclic) bond motifs is 1. The van der Waals surface area contributed by atoms with Crippen LogP contribution >= 0.6 is 11.6 Å². The van der Waals surface area contributed by atoms with Crippen LogP contribution in [0.3, 0.4) is 0 Å². The Hall–Kier alpha value is -1.63. The summed E-state index contributed by atoms with van der Waals surface area (Å²) in [4.78, 5) is 28.1. The monoisotopic (exact) mass is 351 g/mol. The van der Waals surface area contributed by atoms with E-state index in [4.69, 9.17) is 16.7 Å². The number of halogens is 1. The van der Waals surface area contributed by atoms with Crippen LogP contribution in [0.5, 0.6) is 0 Å². The Morgan fingerprint density at radius 3 is 2.88 bits per heavy atom. The van der Waals surface area contributed by atoms with Gasteiger partial charge in [0.15, 0.2) is 0 Å². The molecule has 130 valence electrons. The number of carboxylic acids is 1. The predicted octanol–water partition coefficient (Wildman–Crippen LogP) is 2.15. The molecule has 0 aliphatic carbocycles. The van der Waals surface area contributed by atoms with Crippen molar-refractivity contribution in [1.82, 2.24) is 9.80 Å². The molecule has 1 atom stereocenters. The van der Waals surface area contributed by atoms with Crippen LogP contribution in [-0.2, 0) is 4.79 Å². The lowest BCUT2D eigenvalue weighted by Crippen LogP contribution is -2.55. The van der Waals surface area contributed by atoms with Crippen molar-refractivity contribution in [3.05, 3.63) is 28.8 Å². The minimum absolute atomic E-state index is 0.00899. The second-order valence-corrected chi connectivity index (χ2v) is 6.88. The maximum absolute atomic E-state index is 12.3. The number of rotatable bonds is 4. The molecule has 6 nitrogen and oxygen atoms in total. The molecule has 3 rings (SSSR count). The fraction of sp³-hybridized carbons (Fsp3) is 0.529. The molecule has 2 N–H and O–H groups in total. The average molecular weight is 352 g/mol. The van der Waals surface area contributed by atoms with Crippen LogP contribution in [0.25, 0.3) is 0 Å². The summed E-state index contributed by atoms with van der Waals surface area (Å²) < 4.78 is 0. The van der Waals surface area contributed by atoms with Crippen LogP contribution in [0.1, 0.15) is 29.6 Å². The van der Waals surface area contributed by atoms with Crippen molar-refractivity contribution in [1.29, 1.82) is 0 Å². The minimum atomic E-state index is -1.11. The Morgan fingerprint density at radius 1 is 1.25 bits per heavy atom. The van der Waals surface area contributed by atoms with Gasteiger partial charge >= 0.3 is 5.97 Å². The minimum Gasteiger partial charge on any atom is -0.478 e. The number of carboxylic acid groups (broad SMARTS) is 1. The lowest BCUT2D eigenvalue weighted by Gasteiger charge is -2.43. The molecule has 1 aromatic carbocycles. The SMILES string of the molecule is O=C(CN1CCN2CCCC[C@H]2C1)Nc1ccc(Cl)c(C(=O)O)c1. The van der Waals surface area contributed by atoms with E-state index in [1.165, 1.54) is 37.9 Å². The molecule has 2 saturated heterocycles. The summed E-state index contributed by atoms with van der Waals surface area (Å²) in [6.45, 7) is 4.34. The quantitative estimate of drug-likeness (QED) is 0.869. The number of amides is 1. The van der Waals surface area contributed by atoms with Crippen molar-refractivity contribution in [3.8, 4) is 0 Å². The Bertz CT molecular complexity index is 638. The smallest absolute Gasteiger partial charge is 0.337 e. The van der Waals surface area contributed by atoms with Gasteiger partial charge in [0.1, 0.15) is 0 Å². The third kappa shape index (κ3) is 4.06. The highest BCUT2D eigenvalue weighted by molar-refractivity contribution is 6.33. The van der Waals surface area contributed by atoms with Gasteiger partial charge in [-0.15, -0.1) is 0 Å². The molecule has 0 bridgehead atoms. The highest BCUT2D eigenvalue weighted by atomic mass is 35.5. The first-order chi connectivity index (χ1) is 11.5. The molecular weight excluding hydrogens is 330 g/mol. The van der Waals surface area contributed by atoms with Gasteiger partial charge in [-0.3, -0.25) is 14.6 Å². The van der Waals surface area contributed by atoms with Gasteiger partial charge in [0.05, 0.1) is 17.1 Å². The maximum Gasteiger partial charge on any atom is 0.337 e. The van der Waals surface area contributed by atoms with Gasteiger partial charge in [-0.1, -0.05) is 18.0 Å². The fourth-order valence-electron chi connectivity index (χ4n) is 3.53. The number of nitrogens with one attached hydrogen (secondary N) is 1. The van der Waals surface area contributed by atoms with Crippen LogP contribution in [0.4, 0.5) is 5.69 Å². The molecule has 0 radical (unpaired) electrons. The van der Waals surface area contributed by atoms with Gasteiger partial charge in [-0.05, 0) is 37.6 Å². The molecule has 2 heterocycles. The van der Waals surface area contributed by atoms with Gasteiger partial charge in [-0.2, -0.15) is 0 Å². The normalized spacial score (nSPS) is 22.0. The largest absolute Gasteiger partial charge is 0.478 e. The number of aromatic carboxylic acids is 1. The lowest BCUT2D eigenvalue weighted by atomic mass is 9.99. The number of benzene rings is 1. The number of anilines is 1. The first-order valence-corrected chi connectivity index (χ1v) is 8.70. The van der Waals surface area contributed by atoms with Crippen LogP contribution in [0.15, 0.2) is 18.2 Å². The van der Waals surface area contributed by atoms with Crippen molar-refractivity contribution >= 4 is 29.2 Å². The average Bonchev–Trinajstić information content (AvgIpc) is 2.56. The van der Waals surface area contributed by atoms with E-state index in [1.54, 1.807) is 6.07 Å². The number of hydrogen-bond donors (Lipinski definition) is 2. The number of hydrogen-bond acceptors (Lipinski definition) is 4. The molecule has 0 saturated carbocycles. The number of carbonyl (C=O) groups is 2. The van der Waals surface area contributed by atoms with Gasteiger partial charge in [-0.25, -0.2) is 4.79 Å². The van der Waals surface area contributed by atoms with Gasteiger partial charge in [0.25, 0.3) is 0 Å². The second-order valence-electron chi connectivity index (χ2n) is 6.47. The van der Waals surface area contributed by atoms with E-state index in [0.717, 1.165) is 19.6 Å². The fourth-order valence-corrected chi connectivity index (χ4v) is 3.73. The summed E-state index contributed by atoms with van der Waals surface area (Å²) >= 11 is 5.84. The molecule has 1 aromatic rings. The Kier molecular flexibility index (Phi) is 5.38. The van der Waals surface area contributed by atoms with E-state index in [-0.39, 0.29) is 16.5 Å². The van der Waals surface area contributed by atoms with E-state index < -0.39 is 5.97 Å². The number of piperazine rings is 1. The van der Waals surface area contributed by atoms with E-state index in [1.807, 2.05) is 0 Å². The zero-order valence-electron chi connectivity index (χ0n) is 13.5. The molecule has 7 heteroatoms. The summed E-state index contributed by atoms with van der Waals surface area (Å²) in [6, 6.07) is 5.06. The molecule has 24 heavy (non-hydrogen) atoms. The van der Waals surface area contributed by atoms with Crippen molar-refractivity contribution in [2.45, 2.75) is 25.3 Å². The maximum atomic E-state index is 12.3. The summed E-state index contributed by atoms with van der Waals surface area (Å²) in [5, 5.41) is 12.0. The lowest BCUT2D eigenvalue weighted by molar-refractivity contribution is -0.118. The van der Waals surface area contributed by atoms with Crippen molar-refractivity contribution in [2.75, 3.05) is 38.0 Å². The van der Waals surface area contributed by atoms with Crippen LogP contribution in [-0.4, -0.2) is 65.5 Å². The highest BCUT2D eigenvalue weighted by Gasteiger charge is 2.29. The van der Waals surface area contributed by atoms with E-state index in [9.17, 15) is 9.59 Å². The molecule has 0 unspecified atom stereocenters. The van der Waals surface area contributed by atoms with Gasteiger partial charge < -0.3 is 10.4 Å². The summed E-state index contributed by atoms with van der Waals surface area (Å²) in [5.74, 6) is -1.23. The first-order valence-electron chi connectivity index (χ1n) is 8.32. The third-order valence-electron chi connectivity index (χ3n) is 4.77. The highest BCUT2D eigenvalue weighted by Crippen LogP contribution is 2.22. The van der Waals surface area contributed by atoms with Crippen molar-refractivity contribution in [2.24, 2.45) is 0 Å². The third-order valence-corrected chi connectivity index (χ3v) is 5.10.